The van der Waals surface area contributed by atoms with Crippen LogP contribution in [0.15, 0.2) is 88.9 Å². The Balaban J connectivity index is 0.00000117. The summed E-state index contributed by atoms with van der Waals surface area (Å²) in [5.74, 6) is 0.236. The number of esters is 2. The molecule has 0 spiro atoms. The highest BCUT2D eigenvalue weighted by atomic mass is 16.6. The number of nitrogens with two attached hydrogens (primary N) is 2. The third-order valence-electron chi connectivity index (χ3n) is 6.61. The van der Waals surface area contributed by atoms with Crippen molar-refractivity contribution in [2.75, 3.05) is 13.2 Å². The lowest BCUT2D eigenvalue weighted by molar-refractivity contribution is -0.157. The van der Waals surface area contributed by atoms with E-state index in [2.05, 4.69) is 21.9 Å². The highest BCUT2D eigenvalue weighted by Crippen LogP contribution is 2.19. The predicted octanol–water partition coefficient (Wildman–Crippen LogP) is 4.28. The van der Waals surface area contributed by atoms with E-state index in [-0.39, 0.29) is 49.5 Å². The average Bonchev–Trinajstić information content (AvgIpc) is 3.15. The van der Waals surface area contributed by atoms with E-state index in [4.69, 9.17) is 25.7 Å². The molecule has 1 atom stereocenters. The van der Waals surface area contributed by atoms with Crippen LogP contribution < -0.4 is 16.8 Å². The molecule has 55 heavy (non-hydrogen) atoms. The van der Waals surface area contributed by atoms with E-state index in [1.165, 1.54) is 49.2 Å². The summed E-state index contributed by atoms with van der Waals surface area (Å²) in [5, 5.41) is 2.39. The summed E-state index contributed by atoms with van der Waals surface area (Å²) in [7, 11) is 0. The largest absolute Gasteiger partial charge is 0.458 e. The van der Waals surface area contributed by atoms with Crippen LogP contribution in [-0.4, -0.2) is 67.2 Å². The summed E-state index contributed by atoms with van der Waals surface area (Å²) in [6.45, 7) is 4.61. The van der Waals surface area contributed by atoms with Gasteiger partial charge in [0.25, 0.3) is 0 Å². The van der Waals surface area contributed by atoms with Crippen molar-refractivity contribution >= 4 is 70.6 Å². The molecule has 5 N–H and O–H groups in total. The van der Waals surface area contributed by atoms with E-state index in [0.29, 0.717) is 16.9 Å². The Kier molecular flexibility index (Phi) is 21.3. The van der Waals surface area contributed by atoms with Gasteiger partial charge in [0.05, 0.1) is 11.4 Å². The lowest BCUT2D eigenvalue weighted by atomic mass is 10.0. The fourth-order valence-corrected chi connectivity index (χ4v) is 3.99. The molecule has 16 nitrogen and oxygen atoms in total. The third kappa shape index (κ3) is 17.1. The van der Waals surface area contributed by atoms with Crippen molar-refractivity contribution < 1.29 is 52.6 Å². The number of carbonyl (C=O) groups excluding carboxylic acids is 8. The SMILES string of the molecule is C.C.C=C(C)C(=O)OCC(COC(=O)C(C)=O)OC(=O)NCc1cc(C(N)=C=O)cc(C(N)=C=O)c1.O=C=Nc1ccc(Cc2ccc(N=C=O)cc2)cc1. The molecule has 0 heterocycles. The van der Waals surface area contributed by atoms with Crippen LogP contribution in [0.5, 0.6) is 0 Å². The second-order valence-corrected chi connectivity index (χ2v) is 10.8. The summed E-state index contributed by atoms with van der Waals surface area (Å²) >= 11 is 0. The molecule has 0 fully saturated rings. The lowest BCUT2D eigenvalue weighted by Gasteiger charge is -2.18. The number of rotatable bonds is 15. The third-order valence-corrected chi connectivity index (χ3v) is 6.61. The van der Waals surface area contributed by atoms with Crippen LogP contribution in [0.25, 0.3) is 11.4 Å². The summed E-state index contributed by atoms with van der Waals surface area (Å²) in [5.41, 5.74) is 14.9. The maximum Gasteiger partial charge on any atom is 0.407 e. The van der Waals surface area contributed by atoms with Gasteiger partial charge in [-0.3, -0.25) is 4.79 Å². The molecule has 0 aromatic heterocycles. The van der Waals surface area contributed by atoms with Crippen LogP contribution in [0.3, 0.4) is 0 Å². The number of aliphatic imine (C=N–C) groups is 2. The summed E-state index contributed by atoms with van der Waals surface area (Å²) in [6, 6.07) is 19.0. The Bertz CT molecular complexity index is 1900. The number of benzene rings is 3. The zero-order chi connectivity index (χ0) is 39.3. The number of Topliss-reactive ketones (excluding diaryl/α,β-unsaturated/α-hetero) is 1. The van der Waals surface area contributed by atoms with E-state index >= 15 is 0 Å². The minimum Gasteiger partial charge on any atom is -0.458 e. The first-order valence-electron chi connectivity index (χ1n) is 15.2. The Morgan fingerprint density at radius 2 is 1.15 bits per heavy atom. The predicted molar refractivity (Wildman–Crippen MR) is 202 cm³/mol. The first-order valence-corrected chi connectivity index (χ1v) is 15.2. The zero-order valence-corrected chi connectivity index (χ0v) is 28.5. The fourth-order valence-electron chi connectivity index (χ4n) is 3.99. The minimum atomic E-state index is -1.24. The van der Waals surface area contributed by atoms with Gasteiger partial charge in [-0.05, 0) is 72.5 Å². The standard InChI is InChI=1S/C22H23N3O9.C15H10N2O2.2CH4/c1-12(2)20(29)32-10-17(11-33-21(30)13(3)28)34-22(31)25-7-14-4-15(18(23)8-26)6-16(5-14)19(24)9-27;18-10-16-14-5-1-12(2-6-14)9-13-3-7-15(8-4-13)17-11-19;;/h4-6,17H,1,7,10-11,23-24H2,2-3H3,(H,25,31);1-8H,9H2;2*1H4. The highest BCUT2D eigenvalue weighted by molar-refractivity contribution is 6.32. The maximum absolute atomic E-state index is 12.3. The Hall–Kier alpha value is -7.46. The molecule has 288 valence electrons. The van der Waals surface area contributed by atoms with Crippen molar-refractivity contribution in [3.05, 3.63) is 107 Å². The molecule has 0 saturated carbocycles. The van der Waals surface area contributed by atoms with Crippen LogP contribution in [0.4, 0.5) is 16.2 Å². The summed E-state index contributed by atoms with van der Waals surface area (Å²) in [4.78, 5) is 95.3. The Labute approximate surface area is 317 Å². The van der Waals surface area contributed by atoms with Crippen molar-refractivity contribution in [2.45, 2.75) is 47.8 Å². The van der Waals surface area contributed by atoms with Gasteiger partial charge < -0.3 is 31.0 Å². The normalized spacial score (nSPS) is 9.71. The molecule has 0 aliphatic carbocycles. The Morgan fingerprint density at radius 3 is 1.53 bits per heavy atom. The molecule has 0 aliphatic heterocycles. The van der Waals surface area contributed by atoms with Crippen LogP contribution in [0.1, 0.15) is 56.5 Å². The monoisotopic (exact) mass is 755 g/mol. The van der Waals surface area contributed by atoms with Gasteiger partial charge in [0.15, 0.2) is 18.0 Å². The number of nitrogens with one attached hydrogen (secondary N) is 1. The van der Waals surface area contributed by atoms with Gasteiger partial charge in [0.1, 0.15) is 24.6 Å². The molecule has 0 aliphatic rings. The van der Waals surface area contributed by atoms with Crippen LogP contribution in [0, 0.1) is 0 Å². The Morgan fingerprint density at radius 1 is 0.709 bits per heavy atom. The average molecular weight is 756 g/mol. The van der Waals surface area contributed by atoms with Crippen molar-refractivity contribution in [1.82, 2.24) is 5.32 Å². The number of carbonyl (C=O) groups is 4. The minimum absolute atomic E-state index is 0. The number of isocyanates is 2. The van der Waals surface area contributed by atoms with Crippen molar-refractivity contribution in [1.29, 1.82) is 0 Å². The van der Waals surface area contributed by atoms with Gasteiger partial charge in [-0.2, -0.15) is 9.98 Å². The molecule has 0 radical (unpaired) electrons. The summed E-state index contributed by atoms with van der Waals surface area (Å²) < 4.78 is 14.7. The molecule has 0 bridgehead atoms. The topological polar surface area (TPSA) is 253 Å². The number of hydrogen-bond donors (Lipinski definition) is 3. The van der Waals surface area contributed by atoms with Crippen molar-refractivity contribution in [3.63, 3.8) is 0 Å². The van der Waals surface area contributed by atoms with E-state index < -0.39 is 43.1 Å². The molecular weight excluding hydrogens is 714 g/mol. The molecule has 1 unspecified atom stereocenters. The van der Waals surface area contributed by atoms with E-state index in [9.17, 15) is 38.4 Å². The van der Waals surface area contributed by atoms with Crippen LogP contribution in [0.2, 0.25) is 0 Å². The lowest BCUT2D eigenvalue weighted by Crippen LogP contribution is -2.35. The van der Waals surface area contributed by atoms with Gasteiger partial charge in [-0.25, -0.2) is 33.6 Å². The molecule has 3 aromatic rings. The van der Waals surface area contributed by atoms with Crippen molar-refractivity contribution in [2.24, 2.45) is 21.5 Å². The highest BCUT2D eigenvalue weighted by Gasteiger charge is 2.21. The molecule has 16 heteroatoms. The number of nitrogens with zero attached hydrogens (tertiary/aromatic N) is 2. The summed E-state index contributed by atoms with van der Waals surface area (Å²) in [6.07, 6.45) is 1.53. The first kappa shape index (κ1) is 47.5. The van der Waals surface area contributed by atoms with Crippen LogP contribution >= 0.6 is 0 Å². The van der Waals surface area contributed by atoms with E-state index in [1.54, 1.807) is 24.3 Å². The molecular formula is C39H41N5O11. The molecule has 0 saturated heterocycles. The van der Waals surface area contributed by atoms with Crippen LogP contribution in [-0.2, 0) is 60.7 Å². The maximum atomic E-state index is 12.3. The second-order valence-electron chi connectivity index (χ2n) is 10.8. The smallest absolute Gasteiger partial charge is 0.407 e. The van der Waals surface area contributed by atoms with Gasteiger partial charge in [0.2, 0.25) is 17.9 Å². The van der Waals surface area contributed by atoms with Gasteiger partial charge in [0, 0.05) is 30.2 Å². The first-order chi connectivity index (χ1) is 25.3. The van der Waals surface area contributed by atoms with Gasteiger partial charge in [-0.1, -0.05) is 45.7 Å². The number of alkyl carbamates (subject to hydrolysis) is 1. The number of ether oxygens (including phenoxy) is 3. The number of amides is 1. The van der Waals surface area contributed by atoms with Gasteiger partial charge >= 0.3 is 18.0 Å². The van der Waals surface area contributed by atoms with E-state index in [0.717, 1.165) is 24.5 Å². The van der Waals surface area contributed by atoms with Gasteiger partial charge in [-0.15, -0.1) is 0 Å². The molecule has 3 aromatic carbocycles. The quantitative estimate of drug-likeness (QED) is 0.0373. The van der Waals surface area contributed by atoms with Crippen molar-refractivity contribution in [3.8, 4) is 0 Å². The van der Waals surface area contributed by atoms with E-state index in [1.807, 2.05) is 24.3 Å². The number of ketones is 1. The number of hydrogen-bond acceptors (Lipinski definition) is 15. The fraction of sp³-hybridized carbons (Fsp3) is 0.231. The molecule has 1 amide bonds. The zero-order valence-electron chi connectivity index (χ0n) is 28.5. The molecule has 3 rings (SSSR count). The second kappa shape index (κ2) is 24.7.